The van der Waals surface area contributed by atoms with Crippen molar-refractivity contribution in [3.8, 4) is 0 Å². The standard InChI is InChI=1S/C15H15BrN4O2/c16-14-7-6-11(22-14)9-17-20-15(21)13-8-12(18-19-13)10-4-2-1-3-5-10/h1-7,9,12-13,18-19H,8H2,(H,20,21)/b17-9+. The van der Waals surface area contributed by atoms with E-state index in [2.05, 4.69) is 37.3 Å². The van der Waals surface area contributed by atoms with Crippen LogP contribution in [0.4, 0.5) is 0 Å². The van der Waals surface area contributed by atoms with E-state index in [1.165, 1.54) is 6.21 Å². The van der Waals surface area contributed by atoms with E-state index in [1.807, 2.05) is 30.3 Å². The molecule has 0 bridgehead atoms. The second-order valence-electron chi connectivity index (χ2n) is 4.92. The molecule has 1 aliphatic rings. The molecular formula is C15H15BrN4O2. The highest BCUT2D eigenvalue weighted by Crippen LogP contribution is 2.21. The number of hydrogen-bond donors (Lipinski definition) is 3. The first-order valence-electron chi connectivity index (χ1n) is 6.86. The number of furan rings is 1. The van der Waals surface area contributed by atoms with E-state index < -0.39 is 0 Å². The predicted octanol–water partition coefficient (Wildman–Crippen LogP) is 2.10. The molecule has 0 spiro atoms. The Kier molecular flexibility index (Phi) is 4.67. The van der Waals surface area contributed by atoms with E-state index in [4.69, 9.17) is 4.42 Å². The Morgan fingerprint density at radius 3 is 2.82 bits per heavy atom. The Balaban J connectivity index is 1.52. The molecule has 7 heteroatoms. The molecule has 114 valence electrons. The van der Waals surface area contributed by atoms with Gasteiger partial charge in [0.2, 0.25) is 0 Å². The molecule has 0 radical (unpaired) electrons. The quantitative estimate of drug-likeness (QED) is 0.574. The Morgan fingerprint density at radius 1 is 1.27 bits per heavy atom. The molecule has 1 aromatic heterocycles. The van der Waals surface area contributed by atoms with Crippen molar-refractivity contribution >= 4 is 28.1 Å². The van der Waals surface area contributed by atoms with Crippen LogP contribution < -0.4 is 16.3 Å². The van der Waals surface area contributed by atoms with Crippen LogP contribution in [-0.2, 0) is 4.79 Å². The van der Waals surface area contributed by atoms with Gasteiger partial charge in [-0.1, -0.05) is 30.3 Å². The third-order valence-corrected chi connectivity index (χ3v) is 3.81. The summed E-state index contributed by atoms with van der Waals surface area (Å²) in [6.45, 7) is 0. The summed E-state index contributed by atoms with van der Waals surface area (Å²) in [5, 5.41) is 3.89. The second kappa shape index (κ2) is 6.87. The molecule has 1 amide bonds. The number of hydrazine groups is 1. The SMILES string of the molecule is O=C(N/N=C/c1ccc(Br)o1)C1CC(c2ccccc2)NN1. The van der Waals surface area contributed by atoms with Gasteiger partial charge < -0.3 is 4.42 Å². The lowest BCUT2D eigenvalue weighted by Gasteiger charge is -2.08. The molecule has 2 atom stereocenters. The number of nitrogens with zero attached hydrogens (tertiary/aromatic N) is 1. The molecule has 3 rings (SSSR count). The maximum absolute atomic E-state index is 12.1. The number of carbonyl (C=O) groups excluding carboxylic acids is 1. The van der Waals surface area contributed by atoms with Crippen LogP contribution >= 0.6 is 15.9 Å². The van der Waals surface area contributed by atoms with E-state index in [9.17, 15) is 4.79 Å². The Bertz CT molecular complexity index is 671. The number of benzene rings is 1. The van der Waals surface area contributed by atoms with Crippen molar-refractivity contribution in [2.75, 3.05) is 0 Å². The first kappa shape index (κ1) is 15.0. The highest BCUT2D eigenvalue weighted by Gasteiger charge is 2.29. The van der Waals surface area contributed by atoms with E-state index >= 15 is 0 Å². The van der Waals surface area contributed by atoms with Crippen molar-refractivity contribution in [3.63, 3.8) is 0 Å². The van der Waals surface area contributed by atoms with Crippen molar-refractivity contribution in [2.24, 2.45) is 5.10 Å². The van der Waals surface area contributed by atoms with Crippen molar-refractivity contribution in [1.29, 1.82) is 0 Å². The van der Waals surface area contributed by atoms with Gasteiger partial charge in [0, 0.05) is 6.04 Å². The smallest absolute Gasteiger partial charge is 0.258 e. The Hall–Kier alpha value is -1.96. The van der Waals surface area contributed by atoms with E-state index in [0.717, 1.165) is 5.56 Å². The van der Waals surface area contributed by atoms with Crippen LogP contribution in [0.5, 0.6) is 0 Å². The predicted molar refractivity (Wildman–Crippen MR) is 86.0 cm³/mol. The number of amides is 1. The molecular weight excluding hydrogens is 348 g/mol. The molecule has 1 aromatic carbocycles. The van der Waals surface area contributed by atoms with Gasteiger partial charge in [-0.2, -0.15) is 5.10 Å². The van der Waals surface area contributed by atoms with Gasteiger partial charge in [0.15, 0.2) is 4.67 Å². The van der Waals surface area contributed by atoms with Gasteiger partial charge in [-0.05, 0) is 40.0 Å². The average molecular weight is 363 g/mol. The zero-order valence-electron chi connectivity index (χ0n) is 11.6. The maximum atomic E-state index is 12.1. The van der Waals surface area contributed by atoms with Gasteiger partial charge in [0.25, 0.3) is 5.91 Å². The van der Waals surface area contributed by atoms with E-state index in [1.54, 1.807) is 12.1 Å². The van der Waals surface area contributed by atoms with E-state index in [-0.39, 0.29) is 18.0 Å². The Labute approximate surface area is 136 Å². The molecule has 1 saturated heterocycles. The topological polar surface area (TPSA) is 78.7 Å². The van der Waals surface area contributed by atoms with Gasteiger partial charge in [0.05, 0.1) is 6.21 Å². The zero-order valence-corrected chi connectivity index (χ0v) is 13.2. The molecule has 2 aromatic rings. The minimum Gasteiger partial charge on any atom is -0.448 e. The normalized spacial score (nSPS) is 21.3. The number of rotatable bonds is 4. The van der Waals surface area contributed by atoms with Crippen molar-refractivity contribution in [3.05, 3.63) is 58.5 Å². The molecule has 6 nitrogen and oxygen atoms in total. The summed E-state index contributed by atoms with van der Waals surface area (Å²) < 4.78 is 5.87. The molecule has 1 aliphatic heterocycles. The van der Waals surface area contributed by atoms with Gasteiger partial charge in [-0.15, -0.1) is 0 Å². The lowest BCUT2D eigenvalue weighted by atomic mass is 10.0. The van der Waals surface area contributed by atoms with Crippen LogP contribution in [0.1, 0.15) is 23.8 Å². The third kappa shape index (κ3) is 3.62. The van der Waals surface area contributed by atoms with Crippen LogP contribution in [0.25, 0.3) is 0 Å². The number of halogens is 1. The lowest BCUT2D eigenvalue weighted by molar-refractivity contribution is -0.122. The zero-order chi connectivity index (χ0) is 15.4. The number of hydrazone groups is 1. The second-order valence-corrected chi connectivity index (χ2v) is 5.70. The summed E-state index contributed by atoms with van der Waals surface area (Å²) in [5.41, 5.74) is 9.77. The molecule has 2 unspecified atom stereocenters. The highest BCUT2D eigenvalue weighted by atomic mass is 79.9. The van der Waals surface area contributed by atoms with Crippen LogP contribution in [0.2, 0.25) is 0 Å². The highest BCUT2D eigenvalue weighted by molar-refractivity contribution is 9.10. The lowest BCUT2D eigenvalue weighted by Crippen LogP contribution is -2.41. The summed E-state index contributed by atoms with van der Waals surface area (Å²) in [6.07, 6.45) is 2.12. The molecule has 3 N–H and O–H groups in total. The first-order valence-corrected chi connectivity index (χ1v) is 7.66. The fourth-order valence-corrected chi connectivity index (χ4v) is 2.59. The fraction of sp³-hybridized carbons (Fsp3) is 0.200. The number of nitrogens with one attached hydrogen (secondary N) is 3. The average Bonchev–Trinajstić information content (AvgIpc) is 3.17. The summed E-state index contributed by atoms with van der Waals surface area (Å²) >= 11 is 3.20. The van der Waals surface area contributed by atoms with Gasteiger partial charge >= 0.3 is 0 Å². The first-order chi connectivity index (χ1) is 10.7. The van der Waals surface area contributed by atoms with Gasteiger partial charge in [0.1, 0.15) is 11.8 Å². The number of carbonyl (C=O) groups is 1. The molecule has 0 saturated carbocycles. The molecule has 0 aliphatic carbocycles. The van der Waals surface area contributed by atoms with Gasteiger partial charge in [-0.25, -0.2) is 16.3 Å². The van der Waals surface area contributed by atoms with Crippen LogP contribution in [0.15, 0.2) is 56.7 Å². The molecule has 2 heterocycles. The summed E-state index contributed by atoms with van der Waals surface area (Å²) in [7, 11) is 0. The monoisotopic (exact) mass is 362 g/mol. The largest absolute Gasteiger partial charge is 0.448 e. The third-order valence-electron chi connectivity index (χ3n) is 3.38. The van der Waals surface area contributed by atoms with Crippen molar-refractivity contribution < 1.29 is 9.21 Å². The van der Waals surface area contributed by atoms with Gasteiger partial charge in [-0.3, -0.25) is 4.79 Å². The molecule has 22 heavy (non-hydrogen) atoms. The van der Waals surface area contributed by atoms with Crippen molar-refractivity contribution in [1.82, 2.24) is 16.3 Å². The van der Waals surface area contributed by atoms with E-state index in [0.29, 0.717) is 16.9 Å². The van der Waals surface area contributed by atoms with Crippen LogP contribution in [0.3, 0.4) is 0 Å². The fourth-order valence-electron chi connectivity index (χ4n) is 2.27. The molecule has 1 fully saturated rings. The van der Waals surface area contributed by atoms with Crippen molar-refractivity contribution in [2.45, 2.75) is 18.5 Å². The Morgan fingerprint density at radius 2 is 2.09 bits per heavy atom. The summed E-state index contributed by atoms with van der Waals surface area (Å²) in [4.78, 5) is 12.1. The van der Waals surface area contributed by atoms with Crippen LogP contribution in [0, 0.1) is 0 Å². The minimum atomic E-state index is -0.328. The summed E-state index contributed by atoms with van der Waals surface area (Å²) in [5.74, 6) is 0.375. The minimum absolute atomic E-state index is 0.113. The van der Waals surface area contributed by atoms with Crippen LogP contribution in [-0.4, -0.2) is 18.2 Å². The number of hydrogen-bond acceptors (Lipinski definition) is 5. The summed E-state index contributed by atoms with van der Waals surface area (Å²) in [6, 6.07) is 13.3. The maximum Gasteiger partial charge on any atom is 0.258 e.